The maximum Gasteiger partial charge on any atom is 0.247 e. The highest BCUT2D eigenvalue weighted by Crippen LogP contribution is 2.34. The van der Waals surface area contributed by atoms with Crippen LogP contribution in [0.2, 0.25) is 5.02 Å². The quantitative estimate of drug-likeness (QED) is 0.506. The van der Waals surface area contributed by atoms with Gasteiger partial charge in [0, 0.05) is 22.0 Å². The van der Waals surface area contributed by atoms with Crippen molar-refractivity contribution in [2.75, 3.05) is 10.2 Å². The second-order valence-electron chi connectivity index (χ2n) is 7.59. The molecule has 0 aliphatic carbocycles. The third-order valence-electron chi connectivity index (χ3n) is 5.09. The summed E-state index contributed by atoms with van der Waals surface area (Å²) in [7, 11) is 0. The van der Waals surface area contributed by atoms with Gasteiger partial charge in [-0.1, -0.05) is 41.4 Å². The van der Waals surface area contributed by atoms with Gasteiger partial charge < -0.3 is 5.32 Å². The zero-order valence-corrected chi connectivity index (χ0v) is 19.0. The smallest absolute Gasteiger partial charge is 0.247 e. The molecule has 3 aromatic carbocycles. The Labute approximate surface area is 195 Å². The van der Waals surface area contributed by atoms with E-state index in [0.29, 0.717) is 16.4 Å². The molecule has 162 valence electrons. The van der Waals surface area contributed by atoms with E-state index in [1.54, 1.807) is 36.4 Å². The Morgan fingerprint density at radius 2 is 1.66 bits per heavy atom. The molecule has 0 radical (unpaired) electrons. The first kappa shape index (κ1) is 22.1. The van der Waals surface area contributed by atoms with Crippen molar-refractivity contribution in [3.8, 4) is 0 Å². The molecule has 3 amide bonds. The van der Waals surface area contributed by atoms with Gasteiger partial charge in [-0.25, -0.2) is 4.90 Å². The largest absolute Gasteiger partial charge is 0.326 e. The number of nitrogens with one attached hydrogen (secondary N) is 1. The molecule has 4 rings (SSSR count). The Bertz CT molecular complexity index is 1150. The van der Waals surface area contributed by atoms with Crippen molar-refractivity contribution in [3.05, 3.63) is 88.9 Å². The topological polar surface area (TPSA) is 66.5 Å². The fraction of sp³-hybridized carbons (Fsp3) is 0.160. The van der Waals surface area contributed by atoms with Crippen LogP contribution in [0.15, 0.2) is 77.7 Å². The number of halogens is 1. The van der Waals surface area contributed by atoms with Crippen LogP contribution < -0.4 is 10.2 Å². The molecule has 32 heavy (non-hydrogen) atoms. The lowest BCUT2D eigenvalue weighted by molar-refractivity contribution is -0.121. The lowest BCUT2D eigenvalue weighted by atomic mass is 10.1. The number of hydrogen-bond acceptors (Lipinski definition) is 4. The van der Waals surface area contributed by atoms with Crippen LogP contribution in [0.4, 0.5) is 11.4 Å². The molecule has 1 heterocycles. The molecule has 1 aliphatic heterocycles. The van der Waals surface area contributed by atoms with Crippen molar-refractivity contribution in [1.29, 1.82) is 0 Å². The van der Waals surface area contributed by atoms with Crippen molar-refractivity contribution in [1.82, 2.24) is 0 Å². The summed E-state index contributed by atoms with van der Waals surface area (Å²) in [5.41, 5.74) is 3.22. The second kappa shape index (κ2) is 9.59. The van der Waals surface area contributed by atoms with E-state index in [4.69, 9.17) is 11.6 Å². The van der Waals surface area contributed by atoms with Crippen LogP contribution in [0.25, 0.3) is 0 Å². The molecule has 1 saturated heterocycles. The van der Waals surface area contributed by atoms with Gasteiger partial charge in [-0.3, -0.25) is 14.4 Å². The summed E-state index contributed by atoms with van der Waals surface area (Å²) in [5, 5.41) is 3.03. The van der Waals surface area contributed by atoms with E-state index in [2.05, 4.69) is 5.32 Å². The molecule has 7 heteroatoms. The van der Waals surface area contributed by atoms with Gasteiger partial charge in [-0.15, -0.1) is 11.8 Å². The Balaban J connectivity index is 1.35. The summed E-state index contributed by atoms with van der Waals surface area (Å²) >= 11 is 7.23. The van der Waals surface area contributed by atoms with Crippen molar-refractivity contribution < 1.29 is 14.4 Å². The van der Waals surface area contributed by atoms with Crippen LogP contribution in [-0.4, -0.2) is 23.0 Å². The number of imide groups is 1. The molecular formula is C25H21ClN2O3S. The lowest BCUT2D eigenvalue weighted by Gasteiger charge is -2.15. The van der Waals surface area contributed by atoms with E-state index in [0.717, 1.165) is 16.0 Å². The standard InChI is InChI=1S/C25H21ClN2O3S/c1-16-2-10-20(11-3-16)28-24(30)15-22(25(28)31)32-21-12-8-19(9-13-21)27-23(29)14-17-4-6-18(26)7-5-17/h2-13,22H,14-15H2,1H3,(H,27,29)/t22-/m1/s1. The molecule has 0 saturated carbocycles. The summed E-state index contributed by atoms with van der Waals surface area (Å²) < 4.78 is 0. The summed E-state index contributed by atoms with van der Waals surface area (Å²) in [5.74, 6) is -0.523. The minimum atomic E-state index is -0.464. The van der Waals surface area contributed by atoms with Gasteiger partial charge in [-0.2, -0.15) is 0 Å². The zero-order valence-electron chi connectivity index (χ0n) is 17.4. The molecule has 1 atom stereocenters. The second-order valence-corrected chi connectivity index (χ2v) is 9.30. The predicted octanol–water partition coefficient (Wildman–Crippen LogP) is 5.25. The molecule has 0 aromatic heterocycles. The maximum absolute atomic E-state index is 12.8. The van der Waals surface area contributed by atoms with Crippen LogP contribution in [0, 0.1) is 6.92 Å². The SMILES string of the molecule is Cc1ccc(N2C(=O)C[C@@H](Sc3ccc(NC(=O)Cc4ccc(Cl)cc4)cc3)C2=O)cc1. The van der Waals surface area contributed by atoms with Crippen molar-refractivity contribution >= 4 is 52.5 Å². The normalized spacial score (nSPS) is 15.8. The van der Waals surface area contributed by atoms with E-state index < -0.39 is 5.25 Å². The minimum absolute atomic E-state index is 0.127. The summed E-state index contributed by atoms with van der Waals surface area (Å²) in [4.78, 5) is 39.7. The Morgan fingerprint density at radius 1 is 1.00 bits per heavy atom. The van der Waals surface area contributed by atoms with Crippen LogP contribution in [0.1, 0.15) is 17.5 Å². The van der Waals surface area contributed by atoms with Crippen LogP contribution >= 0.6 is 23.4 Å². The van der Waals surface area contributed by atoms with Crippen molar-refractivity contribution in [3.63, 3.8) is 0 Å². The average molecular weight is 465 g/mol. The van der Waals surface area contributed by atoms with E-state index in [1.165, 1.54) is 16.7 Å². The van der Waals surface area contributed by atoms with E-state index >= 15 is 0 Å². The Morgan fingerprint density at radius 3 is 2.31 bits per heavy atom. The maximum atomic E-state index is 12.8. The number of benzene rings is 3. The van der Waals surface area contributed by atoms with Gasteiger partial charge in [0.1, 0.15) is 0 Å². The van der Waals surface area contributed by atoms with Gasteiger partial charge in [0.05, 0.1) is 17.4 Å². The summed E-state index contributed by atoms with van der Waals surface area (Å²) in [6, 6.07) is 21.8. The Kier molecular flexibility index (Phi) is 6.63. The third-order valence-corrected chi connectivity index (χ3v) is 6.54. The van der Waals surface area contributed by atoms with Crippen molar-refractivity contribution in [2.45, 2.75) is 29.9 Å². The summed E-state index contributed by atoms with van der Waals surface area (Å²) in [6.07, 6.45) is 0.415. The molecule has 1 N–H and O–H groups in total. The highest BCUT2D eigenvalue weighted by atomic mass is 35.5. The number of amides is 3. The number of thioether (sulfide) groups is 1. The zero-order chi connectivity index (χ0) is 22.7. The van der Waals surface area contributed by atoms with Gasteiger partial charge in [0.15, 0.2) is 0 Å². The minimum Gasteiger partial charge on any atom is -0.326 e. The van der Waals surface area contributed by atoms with Gasteiger partial charge in [0.25, 0.3) is 0 Å². The number of hydrogen-bond donors (Lipinski definition) is 1. The van der Waals surface area contributed by atoms with Gasteiger partial charge in [-0.05, 0) is 61.0 Å². The molecule has 5 nitrogen and oxygen atoms in total. The number of aryl methyl sites for hydroxylation is 1. The highest BCUT2D eigenvalue weighted by Gasteiger charge is 2.40. The van der Waals surface area contributed by atoms with Crippen LogP contribution in [0.5, 0.6) is 0 Å². The lowest BCUT2D eigenvalue weighted by Crippen LogP contribution is -2.31. The highest BCUT2D eigenvalue weighted by molar-refractivity contribution is 8.00. The number of anilines is 2. The van der Waals surface area contributed by atoms with Crippen LogP contribution in [-0.2, 0) is 20.8 Å². The fourth-order valence-corrected chi connectivity index (χ4v) is 4.62. The predicted molar refractivity (Wildman–Crippen MR) is 128 cm³/mol. The van der Waals surface area contributed by atoms with Crippen molar-refractivity contribution in [2.24, 2.45) is 0 Å². The van der Waals surface area contributed by atoms with Crippen LogP contribution in [0.3, 0.4) is 0 Å². The molecule has 3 aromatic rings. The first-order chi connectivity index (χ1) is 15.4. The average Bonchev–Trinajstić information content (AvgIpc) is 3.05. The van der Waals surface area contributed by atoms with E-state index in [1.807, 2.05) is 43.3 Å². The summed E-state index contributed by atoms with van der Waals surface area (Å²) in [6.45, 7) is 1.96. The number of nitrogens with zero attached hydrogens (tertiary/aromatic N) is 1. The number of rotatable bonds is 6. The number of carbonyl (C=O) groups excluding carboxylic acids is 3. The molecular weight excluding hydrogens is 444 g/mol. The fourth-order valence-electron chi connectivity index (χ4n) is 3.44. The molecule has 0 spiro atoms. The Hall–Kier alpha value is -3.09. The molecule has 1 aliphatic rings. The van der Waals surface area contributed by atoms with E-state index in [-0.39, 0.29) is 30.6 Å². The van der Waals surface area contributed by atoms with Gasteiger partial charge in [0.2, 0.25) is 17.7 Å². The first-order valence-electron chi connectivity index (χ1n) is 10.1. The van der Waals surface area contributed by atoms with Gasteiger partial charge >= 0.3 is 0 Å². The molecule has 1 fully saturated rings. The monoisotopic (exact) mass is 464 g/mol. The van der Waals surface area contributed by atoms with E-state index in [9.17, 15) is 14.4 Å². The molecule has 0 unspecified atom stereocenters. The first-order valence-corrected chi connectivity index (χ1v) is 11.4. The number of carbonyl (C=O) groups is 3. The third kappa shape index (κ3) is 5.21. The molecule has 0 bridgehead atoms.